The predicted molar refractivity (Wildman–Crippen MR) is 129 cm³/mol. The number of aromatic hydroxyl groups is 1. The van der Waals surface area contributed by atoms with E-state index in [0.717, 1.165) is 32.7 Å². The number of rotatable bonds is 2. The maximum Gasteiger partial charge on any atom is 0.335 e. The molecule has 1 heterocycles. The molecule has 0 fully saturated rings. The van der Waals surface area contributed by atoms with Crippen LogP contribution in [0, 0.1) is 0 Å². The van der Waals surface area contributed by atoms with Gasteiger partial charge in [-0.05, 0) is 64.9 Å². The summed E-state index contributed by atoms with van der Waals surface area (Å²) in [5, 5.41) is 24.1. The SMILES string of the molecule is O=C(O)c1ccc(-c2c3cc4c(O)cccc4cc3oc3cc4cccc(=O)c4cc23)cc1. The molecule has 0 amide bonds. The summed E-state index contributed by atoms with van der Waals surface area (Å²) < 4.78 is 6.29. The molecule has 2 N–H and O–H groups in total. The second-order valence-electron chi connectivity index (χ2n) is 8.03. The summed E-state index contributed by atoms with van der Waals surface area (Å²) in [5.74, 6) is -0.848. The van der Waals surface area contributed by atoms with Crippen molar-refractivity contribution in [3.8, 4) is 16.9 Å². The van der Waals surface area contributed by atoms with Gasteiger partial charge in [0.1, 0.15) is 16.9 Å². The number of phenolic OH excluding ortho intramolecular Hbond substituents is 1. The number of carbonyl (C=O) groups is 1. The van der Waals surface area contributed by atoms with Crippen molar-refractivity contribution in [2.75, 3.05) is 0 Å². The van der Waals surface area contributed by atoms with E-state index in [1.165, 1.54) is 6.07 Å². The van der Waals surface area contributed by atoms with E-state index in [-0.39, 0.29) is 16.7 Å². The Kier molecular flexibility index (Phi) is 4.01. The quantitative estimate of drug-likeness (QED) is 0.313. The Morgan fingerprint density at radius 1 is 0.697 bits per heavy atom. The second kappa shape index (κ2) is 6.93. The van der Waals surface area contributed by atoms with Gasteiger partial charge in [-0.1, -0.05) is 36.4 Å². The van der Waals surface area contributed by atoms with Crippen molar-refractivity contribution in [1.82, 2.24) is 0 Å². The van der Waals surface area contributed by atoms with Crippen LogP contribution in [0.3, 0.4) is 0 Å². The number of aromatic carboxylic acids is 1. The van der Waals surface area contributed by atoms with Gasteiger partial charge in [0.25, 0.3) is 0 Å². The number of benzene rings is 5. The fourth-order valence-corrected chi connectivity index (χ4v) is 4.48. The Labute approximate surface area is 186 Å². The smallest absolute Gasteiger partial charge is 0.335 e. The van der Waals surface area contributed by atoms with Crippen LogP contribution in [0.5, 0.6) is 5.75 Å². The summed E-state index contributed by atoms with van der Waals surface area (Å²) >= 11 is 0. The first-order valence-corrected chi connectivity index (χ1v) is 10.4. The third-order valence-corrected chi connectivity index (χ3v) is 6.08. The minimum atomic E-state index is -1.00. The molecule has 33 heavy (non-hydrogen) atoms. The summed E-state index contributed by atoms with van der Waals surface area (Å²) in [6, 6.07) is 24.5. The molecule has 0 aliphatic heterocycles. The van der Waals surface area contributed by atoms with Crippen LogP contribution < -0.4 is 5.43 Å². The van der Waals surface area contributed by atoms with Crippen LogP contribution >= 0.6 is 0 Å². The van der Waals surface area contributed by atoms with Gasteiger partial charge in [0, 0.05) is 27.1 Å². The van der Waals surface area contributed by atoms with E-state index in [0.29, 0.717) is 21.9 Å². The Morgan fingerprint density at radius 3 is 1.97 bits per heavy atom. The lowest BCUT2D eigenvalue weighted by atomic mass is 9.93. The molecule has 1 aromatic heterocycles. The fraction of sp³-hybridized carbons (Fsp3) is 0. The average Bonchev–Trinajstić information content (AvgIpc) is 2.81. The maximum absolute atomic E-state index is 12.5. The molecule has 0 bridgehead atoms. The van der Waals surface area contributed by atoms with E-state index in [1.54, 1.807) is 42.5 Å². The number of fused-ring (bicyclic) bond motifs is 4. The number of carboxylic acids is 1. The van der Waals surface area contributed by atoms with Gasteiger partial charge in [0.15, 0.2) is 5.43 Å². The third kappa shape index (κ3) is 2.94. The zero-order valence-corrected chi connectivity index (χ0v) is 17.2. The minimum absolute atomic E-state index is 0.0853. The molecule has 0 aliphatic rings. The lowest BCUT2D eigenvalue weighted by Gasteiger charge is -2.14. The Bertz CT molecular complexity index is 1810. The van der Waals surface area contributed by atoms with Crippen LogP contribution in [0.25, 0.3) is 54.6 Å². The number of phenols is 1. The lowest BCUT2D eigenvalue weighted by molar-refractivity contribution is 0.0697. The topological polar surface area (TPSA) is 87.7 Å². The van der Waals surface area contributed by atoms with Crippen molar-refractivity contribution in [2.45, 2.75) is 0 Å². The third-order valence-electron chi connectivity index (χ3n) is 6.08. The van der Waals surface area contributed by atoms with E-state index < -0.39 is 5.97 Å². The molecule has 5 heteroatoms. The molecule has 5 nitrogen and oxygen atoms in total. The first kappa shape index (κ1) is 19.1. The molecule has 0 unspecified atom stereocenters. The molecule has 0 aliphatic carbocycles. The van der Waals surface area contributed by atoms with E-state index in [9.17, 15) is 19.8 Å². The van der Waals surface area contributed by atoms with Crippen LogP contribution in [0.2, 0.25) is 0 Å². The maximum atomic E-state index is 12.5. The molecule has 6 aromatic rings. The average molecular weight is 432 g/mol. The highest BCUT2D eigenvalue weighted by molar-refractivity contribution is 6.14. The molecule has 5 aromatic carbocycles. The zero-order chi connectivity index (χ0) is 22.7. The highest BCUT2D eigenvalue weighted by Gasteiger charge is 2.16. The molecule has 0 saturated heterocycles. The highest BCUT2D eigenvalue weighted by Crippen LogP contribution is 2.40. The van der Waals surface area contributed by atoms with E-state index in [1.807, 2.05) is 36.4 Å². The first-order chi connectivity index (χ1) is 16.0. The van der Waals surface area contributed by atoms with Gasteiger partial charge in [-0.15, -0.1) is 0 Å². The summed E-state index contributed by atoms with van der Waals surface area (Å²) in [7, 11) is 0. The molecule has 158 valence electrons. The van der Waals surface area contributed by atoms with E-state index >= 15 is 0 Å². The van der Waals surface area contributed by atoms with E-state index in [4.69, 9.17) is 4.42 Å². The molecular weight excluding hydrogens is 416 g/mol. The van der Waals surface area contributed by atoms with Crippen LogP contribution in [0.4, 0.5) is 0 Å². The van der Waals surface area contributed by atoms with Crippen LogP contribution in [-0.2, 0) is 0 Å². The Morgan fingerprint density at radius 2 is 1.30 bits per heavy atom. The van der Waals surface area contributed by atoms with Gasteiger partial charge in [-0.3, -0.25) is 4.79 Å². The summed E-state index contributed by atoms with van der Waals surface area (Å²) in [4.78, 5) is 23.9. The van der Waals surface area contributed by atoms with Gasteiger partial charge in [0.05, 0.1) is 5.56 Å². The van der Waals surface area contributed by atoms with Crippen molar-refractivity contribution >= 4 is 49.5 Å². The van der Waals surface area contributed by atoms with E-state index in [2.05, 4.69) is 0 Å². The van der Waals surface area contributed by atoms with Crippen molar-refractivity contribution < 1.29 is 19.4 Å². The van der Waals surface area contributed by atoms with Crippen molar-refractivity contribution in [3.05, 3.63) is 101 Å². The second-order valence-corrected chi connectivity index (χ2v) is 8.03. The standard InChI is InChI=1S/C28H16O5/c29-23-5-1-3-17-11-25-21(13-19(17)23)27(15-7-9-16(10-8-15)28(31)32)22-14-20-18(12-26(22)33-25)4-2-6-24(20)30/h1-14,29H,(H,31,32). The number of carboxylic acid groups (broad SMARTS) is 1. The number of hydrogen-bond donors (Lipinski definition) is 2. The Hall–Kier alpha value is -4.64. The summed E-state index contributed by atoms with van der Waals surface area (Å²) in [6.45, 7) is 0. The van der Waals surface area contributed by atoms with Crippen LogP contribution in [-0.4, -0.2) is 16.2 Å². The monoisotopic (exact) mass is 432 g/mol. The minimum Gasteiger partial charge on any atom is -0.507 e. The zero-order valence-electron chi connectivity index (χ0n) is 17.2. The number of hydrogen-bond acceptors (Lipinski definition) is 4. The van der Waals surface area contributed by atoms with Crippen molar-refractivity contribution in [3.63, 3.8) is 0 Å². The highest BCUT2D eigenvalue weighted by atomic mass is 16.4. The summed E-state index contributed by atoms with van der Waals surface area (Å²) in [6.07, 6.45) is 0. The molecule has 6 rings (SSSR count). The molecule has 0 spiro atoms. The summed E-state index contributed by atoms with van der Waals surface area (Å²) in [5.41, 5.74) is 2.91. The molecular formula is C28H16O5. The van der Waals surface area contributed by atoms with Gasteiger partial charge >= 0.3 is 5.97 Å². The predicted octanol–water partition coefficient (Wildman–Crippen LogP) is 6.32. The molecule has 0 atom stereocenters. The van der Waals surface area contributed by atoms with Gasteiger partial charge < -0.3 is 14.6 Å². The van der Waals surface area contributed by atoms with Gasteiger partial charge in [0.2, 0.25) is 0 Å². The fourth-order valence-electron chi connectivity index (χ4n) is 4.48. The molecule has 0 radical (unpaired) electrons. The molecule has 0 saturated carbocycles. The van der Waals surface area contributed by atoms with Gasteiger partial charge in [-0.25, -0.2) is 4.79 Å². The lowest BCUT2D eigenvalue weighted by Crippen LogP contribution is -1.98. The largest absolute Gasteiger partial charge is 0.507 e. The van der Waals surface area contributed by atoms with Gasteiger partial charge in [-0.2, -0.15) is 0 Å². The van der Waals surface area contributed by atoms with Crippen LogP contribution in [0.1, 0.15) is 10.4 Å². The van der Waals surface area contributed by atoms with Crippen molar-refractivity contribution in [2.24, 2.45) is 0 Å². The Balaban J connectivity index is 1.81. The van der Waals surface area contributed by atoms with Crippen molar-refractivity contribution in [1.29, 1.82) is 0 Å². The van der Waals surface area contributed by atoms with Crippen LogP contribution in [0.15, 0.2) is 94.1 Å². The first-order valence-electron chi connectivity index (χ1n) is 10.4. The normalized spacial score (nSPS) is 11.5.